The van der Waals surface area contributed by atoms with Gasteiger partial charge in [0.25, 0.3) is 5.91 Å². The molecule has 34 heavy (non-hydrogen) atoms. The molecule has 2 saturated carbocycles. The van der Waals surface area contributed by atoms with Crippen LogP contribution in [0.4, 0.5) is 0 Å². The molecule has 7 rings (SSSR count). The number of rotatable bonds is 3. The van der Waals surface area contributed by atoms with Crippen molar-refractivity contribution in [1.82, 2.24) is 9.80 Å². The maximum absolute atomic E-state index is 13.6. The number of aliphatic hydroxyl groups is 1. The van der Waals surface area contributed by atoms with Gasteiger partial charge in [-0.2, -0.15) is 0 Å². The van der Waals surface area contributed by atoms with Crippen molar-refractivity contribution >= 4 is 5.91 Å². The molecule has 0 aromatic heterocycles. The van der Waals surface area contributed by atoms with Crippen LogP contribution in [0.1, 0.15) is 54.1 Å². The average molecular weight is 459 g/mol. The highest BCUT2D eigenvalue weighted by Crippen LogP contribution is 2.75. The zero-order chi connectivity index (χ0) is 23.2. The van der Waals surface area contributed by atoms with Crippen molar-refractivity contribution in [1.29, 1.82) is 0 Å². The van der Waals surface area contributed by atoms with Gasteiger partial charge in [-0.3, -0.25) is 9.69 Å². The van der Waals surface area contributed by atoms with Crippen molar-refractivity contribution < 1.29 is 15.0 Å². The first-order valence-electron chi connectivity index (χ1n) is 13.1. The molecule has 2 aliphatic heterocycles. The molecule has 5 aliphatic rings. The molecule has 178 valence electrons. The van der Waals surface area contributed by atoms with Crippen LogP contribution in [0.5, 0.6) is 5.75 Å². The largest absolute Gasteiger partial charge is 0.508 e. The summed E-state index contributed by atoms with van der Waals surface area (Å²) in [6.45, 7) is 4.47. The Morgan fingerprint density at radius 3 is 2.79 bits per heavy atom. The summed E-state index contributed by atoms with van der Waals surface area (Å²) in [6, 6.07) is 16.5. The minimum Gasteiger partial charge on any atom is -0.508 e. The fraction of sp³-hybridized carbons (Fsp3) is 0.552. The van der Waals surface area contributed by atoms with Crippen molar-refractivity contribution in [2.24, 2.45) is 17.3 Å². The van der Waals surface area contributed by atoms with Crippen LogP contribution in [-0.4, -0.2) is 63.7 Å². The normalized spacial score (nSPS) is 38.4. The number of benzene rings is 2. The molecule has 0 radical (unpaired) electrons. The van der Waals surface area contributed by atoms with Crippen LogP contribution in [0, 0.1) is 17.3 Å². The van der Waals surface area contributed by atoms with Gasteiger partial charge in [0.2, 0.25) is 0 Å². The van der Waals surface area contributed by atoms with Crippen LogP contribution in [-0.2, 0) is 11.8 Å². The maximum atomic E-state index is 13.6. The second kappa shape index (κ2) is 7.08. The van der Waals surface area contributed by atoms with E-state index in [1.807, 2.05) is 43.3 Å². The van der Waals surface area contributed by atoms with E-state index in [4.69, 9.17) is 0 Å². The van der Waals surface area contributed by atoms with Crippen LogP contribution < -0.4 is 0 Å². The zero-order valence-electron chi connectivity index (χ0n) is 19.9. The number of β-amino-alcohol motifs (C(OH)–C–C–N with tert-alkyl or cyclic N) is 1. The third kappa shape index (κ3) is 2.50. The van der Waals surface area contributed by atoms with Crippen LogP contribution >= 0.6 is 0 Å². The molecule has 1 amide bonds. The van der Waals surface area contributed by atoms with Gasteiger partial charge >= 0.3 is 0 Å². The average Bonchev–Trinajstić information content (AvgIpc) is 3.27. The number of hydrogen-bond donors (Lipinski definition) is 2. The molecule has 3 aliphatic carbocycles. The molecule has 5 heteroatoms. The van der Waals surface area contributed by atoms with Crippen LogP contribution in [0.25, 0.3) is 0 Å². The number of nitrogens with zero attached hydrogens (tertiary/aromatic N) is 2. The highest BCUT2D eigenvalue weighted by molar-refractivity contribution is 5.94. The fourth-order valence-corrected chi connectivity index (χ4v) is 9.63. The van der Waals surface area contributed by atoms with Crippen molar-refractivity contribution in [2.75, 3.05) is 19.6 Å². The van der Waals surface area contributed by atoms with E-state index in [9.17, 15) is 15.0 Å². The Labute approximate surface area is 201 Å². The molecule has 4 bridgehead atoms. The van der Waals surface area contributed by atoms with Crippen molar-refractivity contribution in [3.05, 3.63) is 65.2 Å². The Kier molecular flexibility index (Phi) is 4.36. The number of amides is 1. The minimum atomic E-state index is -0.332. The summed E-state index contributed by atoms with van der Waals surface area (Å²) in [5, 5.41) is 20.8. The van der Waals surface area contributed by atoms with E-state index in [-0.39, 0.29) is 28.9 Å². The molecule has 0 spiro atoms. The van der Waals surface area contributed by atoms with Crippen LogP contribution in [0.3, 0.4) is 0 Å². The molecule has 5 nitrogen and oxygen atoms in total. The fourth-order valence-electron chi connectivity index (χ4n) is 9.63. The quantitative estimate of drug-likeness (QED) is 0.738. The Balaban J connectivity index is 1.35. The topological polar surface area (TPSA) is 64.0 Å². The first-order valence-corrected chi connectivity index (χ1v) is 13.1. The van der Waals surface area contributed by atoms with Crippen LogP contribution in [0.2, 0.25) is 0 Å². The number of hydrogen-bond acceptors (Lipinski definition) is 4. The lowest BCUT2D eigenvalue weighted by molar-refractivity contribution is -0.108. The minimum absolute atomic E-state index is 0.0124. The van der Waals surface area contributed by atoms with E-state index in [1.165, 1.54) is 11.1 Å². The second-order valence-corrected chi connectivity index (χ2v) is 11.7. The third-order valence-corrected chi connectivity index (χ3v) is 10.4. The van der Waals surface area contributed by atoms with E-state index < -0.39 is 0 Å². The van der Waals surface area contributed by atoms with Gasteiger partial charge in [0, 0.05) is 36.2 Å². The first kappa shape index (κ1) is 21.0. The lowest BCUT2D eigenvalue weighted by Gasteiger charge is -2.66. The van der Waals surface area contributed by atoms with Gasteiger partial charge in [0.05, 0.1) is 6.10 Å². The molecule has 2 aromatic carbocycles. The molecule has 2 heterocycles. The molecular formula is C29H34N2O3. The number of phenols is 1. The molecule has 2 aromatic rings. The Morgan fingerprint density at radius 2 is 2.00 bits per heavy atom. The number of carbonyl (C=O) groups is 1. The van der Waals surface area contributed by atoms with E-state index in [0.717, 1.165) is 57.3 Å². The highest BCUT2D eigenvalue weighted by Gasteiger charge is 2.76. The Morgan fingerprint density at radius 1 is 1.18 bits per heavy atom. The highest BCUT2D eigenvalue weighted by atomic mass is 16.3. The second-order valence-electron chi connectivity index (χ2n) is 11.7. The Bertz CT molecular complexity index is 1150. The predicted molar refractivity (Wildman–Crippen MR) is 130 cm³/mol. The zero-order valence-corrected chi connectivity index (χ0v) is 19.9. The maximum Gasteiger partial charge on any atom is 0.254 e. The number of aromatic hydroxyl groups is 1. The summed E-state index contributed by atoms with van der Waals surface area (Å²) in [6.07, 6.45) is 5.07. The number of piperidine rings is 1. The van der Waals surface area contributed by atoms with E-state index in [0.29, 0.717) is 23.6 Å². The molecule has 4 fully saturated rings. The van der Waals surface area contributed by atoms with Crippen molar-refractivity contribution in [3.8, 4) is 5.75 Å². The number of likely N-dealkylation sites (tertiary alicyclic amines) is 2. The SMILES string of the molecule is C[C@@H](O)CN1CC[C@@]23c4cc(O)ccc4C[C@@H]1[C@]21CCC2C3[C@@H](CN2C(=O)c2ccccc2)C1. The van der Waals surface area contributed by atoms with Gasteiger partial charge in [-0.05, 0) is 98.2 Å². The number of phenolic OH excluding ortho intramolecular Hbond substituents is 1. The van der Waals surface area contributed by atoms with Crippen LogP contribution in [0.15, 0.2) is 48.5 Å². The molecule has 2 saturated heterocycles. The smallest absolute Gasteiger partial charge is 0.254 e. The standard InChI is InChI=1S/C29H34N2O3/c1-18(32)16-30-12-11-29-23-14-22(33)8-7-20(23)13-25(30)28(29)10-9-24-26(29)21(15-28)17-31(24)27(34)19-5-3-2-4-6-19/h2-8,14,18,21,24-26,32-33H,9-13,15-17H2,1H3/t18-,21-,24?,25-,26?,28-,29+/m1/s1. The molecular weight excluding hydrogens is 424 g/mol. The summed E-state index contributed by atoms with van der Waals surface area (Å²) in [7, 11) is 0. The molecule has 2 unspecified atom stereocenters. The van der Waals surface area contributed by atoms with Gasteiger partial charge in [-0.15, -0.1) is 0 Å². The third-order valence-electron chi connectivity index (χ3n) is 10.4. The summed E-state index contributed by atoms with van der Waals surface area (Å²) < 4.78 is 0. The van der Waals surface area contributed by atoms with Gasteiger partial charge in [0.15, 0.2) is 0 Å². The number of aliphatic hydroxyl groups excluding tert-OH is 1. The Hall–Kier alpha value is -2.37. The lowest BCUT2D eigenvalue weighted by atomic mass is 9.43. The van der Waals surface area contributed by atoms with Crippen molar-refractivity contribution in [3.63, 3.8) is 0 Å². The number of fused-ring (bicyclic) bond motifs is 1. The van der Waals surface area contributed by atoms with E-state index >= 15 is 0 Å². The van der Waals surface area contributed by atoms with Gasteiger partial charge < -0.3 is 15.1 Å². The summed E-state index contributed by atoms with van der Waals surface area (Å²) in [4.78, 5) is 18.4. The van der Waals surface area contributed by atoms with Gasteiger partial charge in [-0.25, -0.2) is 0 Å². The monoisotopic (exact) mass is 458 g/mol. The summed E-state index contributed by atoms with van der Waals surface area (Å²) in [5.41, 5.74) is 3.71. The molecule has 2 N–H and O–H groups in total. The number of carbonyl (C=O) groups excluding carboxylic acids is 1. The van der Waals surface area contributed by atoms with Gasteiger partial charge in [0.1, 0.15) is 5.75 Å². The summed E-state index contributed by atoms with van der Waals surface area (Å²) in [5.74, 6) is 1.50. The van der Waals surface area contributed by atoms with Gasteiger partial charge in [-0.1, -0.05) is 24.3 Å². The predicted octanol–water partition coefficient (Wildman–Crippen LogP) is 3.58. The lowest BCUT2D eigenvalue weighted by Crippen LogP contribution is -2.70. The first-order chi connectivity index (χ1) is 16.4. The van der Waals surface area contributed by atoms with Crippen molar-refractivity contribution in [2.45, 2.75) is 62.6 Å². The molecule has 7 atom stereocenters. The van der Waals surface area contributed by atoms with E-state index in [1.54, 1.807) is 0 Å². The summed E-state index contributed by atoms with van der Waals surface area (Å²) >= 11 is 0. The van der Waals surface area contributed by atoms with E-state index in [2.05, 4.69) is 21.9 Å².